The minimum atomic E-state index is -0.588. The molecule has 3 nitrogen and oxygen atoms in total. The highest BCUT2D eigenvalue weighted by Gasteiger charge is 2.14. The second kappa shape index (κ2) is 6.68. The number of nitrogens with zero attached hydrogens (tertiary/aromatic N) is 1. The molecule has 0 saturated carbocycles. The van der Waals surface area contributed by atoms with Crippen LogP contribution in [0, 0.1) is 11.7 Å². The Labute approximate surface area is 128 Å². The van der Waals surface area contributed by atoms with Gasteiger partial charge in [-0.05, 0) is 30.2 Å². The molecule has 0 bridgehead atoms. The average Bonchev–Trinajstić information content (AvgIpc) is 2.45. The van der Waals surface area contributed by atoms with Gasteiger partial charge in [-0.3, -0.25) is 9.78 Å². The van der Waals surface area contributed by atoms with Crippen LogP contribution < -0.4 is 5.32 Å². The molecule has 110 valence electrons. The van der Waals surface area contributed by atoms with E-state index in [1.807, 2.05) is 13.8 Å². The highest BCUT2D eigenvalue weighted by molar-refractivity contribution is 6.33. The molecule has 1 aromatic heterocycles. The monoisotopic (exact) mass is 306 g/mol. The third-order valence-corrected chi connectivity index (χ3v) is 3.22. The van der Waals surface area contributed by atoms with Crippen molar-refractivity contribution in [3.05, 3.63) is 52.9 Å². The lowest BCUT2D eigenvalue weighted by molar-refractivity contribution is 0.0945. The largest absolute Gasteiger partial charge is 0.352 e. The third-order valence-electron chi connectivity index (χ3n) is 2.92. The summed E-state index contributed by atoms with van der Waals surface area (Å²) in [4.78, 5) is 16.0. The van der Waals surface area contributed by atoms with E-state index >= 15 is 0 Å². The van der Waals surface area contributed by atoms with E-state index in [0.717, 1.165) is 0 Å². The van der Waals surface area contributed by atoms with E-state index in [1.165, 1.54) is 12.1 Å². The van der Waals surface area contributed by atoms with Crippen LogP contribution in [-0.4, -0.2) is 17.4 Å². The first-order valence-electron chi connectivity index (χ1n) is 6.67. The van der Waals surface area contributed by atoms with Gasteiger partial charge in [0.15, 0.2) is 0 Å². The number of halogens is 2. The predicted molar refractivity (Wildman–Crippen MR) is 81.8 cm³/mol. The molecular weight excluding hydrogens is 291 g/mol. The van der Waals surface area contributed by atoms with Crippen molar-refractivity contribution in [3.8, 4) is 11.3 Å². The first kappa shape index (κ1) is 15.4. The molecule has 21 heavy (non-hydrogen) atoms. The van der Waals surface area contributed by atoms with Crippen molar-refractivity contribution in [2.45, 2.75) is 13.8 Å². The summed E-state index contributed by atoms with van der Waals surface area (Å²) in [6, 6.07) is 7.76. The maximum atomic E-state index is 14.1. The molecule has 5 heteroatoms. The Morgan fingerprint density at radius 3 is 2.76 bits per heavy atom. The lowest BCUT2D eigenvalue weighted by atomic mass is 10.1. The average molecular weight is 307 g/mol. The van der Waals surface area contributed by atoms with Crippen LogP contribution in [0.2, 0.25) is 5.02 Å². The van der Waals surface area contributed by atoms with Gasteiger partial charge in [-0.1, -0.05) is 31.5 Å². The van der Waals surface area contributed by atoms with Crippen molar-refractivity contribution in [1.29, 1.82) is 0 Å². The molecule has 0 aliphatic heterocycles. The third kappa shape index (κ3) is 3.79. The Bertz CT molecular complexity index is 658. The first-order valence-corrected chi connectivity index (χ1v) is 7.05. The van der Waals surface area contributed by atoms with Gasteiger partial charge in [0.2, 0.25) is 0 Å². The molecule has 0 radical (unpaired) electrons. The fraction of sp³-hybridized carbons (Fsp3) is 0.250. The number of nitrogens with one attached hydrogen (secondary N) is 1. The van der Waals surface area contributed by atoms with Gasteiger partial charge in [-0.2, -0.15) is 0 Å². The zero-order valence-corrected chi connectivity index (χ0v) is 12.6. The molecule has 0 saturated heterocycles. The summed E-state index contributed by atoms with van der Waals surface area (Å²) >= 11 is 6.03. The lowest BCUT2D eigenvalue weighted by Gasteiger charge is -2.09. The normalized spacial score (nSPS) is 10.7. The SMILES string of the molecule is CC(C)CNC(=O)c1ccc(-c2ncccc2Cl)cc1F. The van der Waals surface area contributed by atoms with Crippen molar-refractivity contribution in [1.82, 2.24) is 10.3 Å². The van der Waals surface area contributed by atoms with Gasteiger partial charge >= 0.3 is 0 Å². The smallest absolute Gasteiger partial charge is 0.254 e. The molecular formula is C16H16ClFN2O. The van der Waals surface area contributed by atoms with Crippen LogP contribution in [0.15, 0.2) is 36.5 Å². The van der Waals surface area contributed by atoms with Gasteiger partial charge in [0.05, 0.1) is 16.3 Å². The Morgan fingerprint density at radius 1 is 1.38 bits per heavy atom. The van der Waals surface area contributed by atoms with E-state index in [1.54, 1.807) is 24.4 Å². The molecule has 0 unspecified atom stereocenters. The topological polar surface area (TPSA) is 42.0 Å². The Balaban J connectivity index is 2.26. The maximum Gasteiger partial charge on any atom is 0.254 e. The number of rotatable bonds is 4. The predicted octanol–water partition coefficient (Wildman–Crippen LogP) is 3.93. The molecule has 1 amide bonds. The quantitative estimate of drug-likeness (QED) is 0.930. The van der Waals surface area contributed by atoms with Gasteiger partial charge in [-0.25, -0.2) is 4.39 Å². The highest BCUT2D eigenvalue weighted by Crippen LogP contribution is 2.26. The molecule has 2 rings (SSSR count). The fourth-order valence-corrected chi connectivity index (χ4v) is 2.07. The zero-order chi connectivity index (χ0) is 15.4. The van der Waals surface area contributed by atoms with Crippen LogP contribution >= 0.6 is 11.6 Å². The summed E-state index contributed by atoms with van der Waals surface area (Å²) in [7, 11) is 0. The molecule has 0 atom stereocenters. The van der Waals surface area contributed by atoms with Crippen LogP contribution in [-0.2, 0) is 0 Å². The van der Waals surface area contributed by atoms with Crippen molar-refractivity contribution in [2.24, 2.45) is 5.92 Å². The zero-order valence-electron chi connectivity index (χ0n) is 11.9. The Hall–Kier alpha value is -1.94. The lowest BCUT2D eigenvalue weighted by Crippen LogP contribution is -2.28. The van der Waals surface area contributed by atoms with E-state index in [2.05, 4.69) is 10.3 Å². The molecule has 0 fully saturated rings. The van der Waals surface area contributed by atoms with Gasteiger partial charge in [0.1, 0.15) is 5.82 Å². The number of pyridine rings is 1. The summed E-state index contributed by atoms with van der Waals surface area (Å²) in [6.45, 7) is 4.46. The van der Waals surface area contributed by atoms with Crippen LogP contribution in [0.5, 0.6) is 0 Å². The molecule has 0 aliphatic carbocycles. The number of carbonyl (C=O) groups excluding carboxylic acids is 1. The number of benzene rings is 1. The molecule has 2 aromatic rings. The molecule has 0 spiro atoms. The Morgan fingerprint density at radius 2 is 2.14 bits per heavy atom. The van der Waals surface area contributed by atoms with E-state index in [9.17, 15) is 9.18 Å². The number of aromatic nitrogens is 1. The van der Waals surface area contributed by atoms with Crippen LogP contribution in [0.4, 0.5) is 4.39 Å². The number of carbonyl (C=O) groups is 1. The molecule has 0 aliphatic rings. The maximum absolute atomic E-state index is 14.1. The van der Waals surface area contributed by atoms with Crippen molar-refractivity contribution in [2.75, 3.05) is 6.54 Å². The van der Waals surface area contributed by atoms with Gasteiger partial charge < -0.3 is 5.32 Å². The molecule has 1 heterocycles. The summed E-state index contributed by atoms with van der Waals surface area (Å²) in [5, 5.41) is 3.13. The number of hydrogen-bond acceptors (Lipinski definition) is 2. The van der Waals surface area contributed by atoms with E-state index < -0.39 is 11.7 Å². The Kier molecular flexibility index (Phi) is 4.91. The van der Waals surface area contributed by atoms with E-state index in [-0.39, 0.29) is 5.56 Å². The van der Waals surface area contributed by atoms with Gasteiger partial charge in [0, 0.05) is 18.3 Å². The minimum Gasteiger partial charge on any atom is -0.352 e. The second-order valence-electron chi connectivity index (χ2n) is 5.13. The van der Waals surface area contributed by atoms with E-state index in [0.29, 0.717) is 28.7 Å². The minimum absolute atomic E-state index is 0.0199. The van der Waals surface area contributed by atoms with Gasteiger partial charge in [-0.15, -0.1) is 0 Å². The van der Waals surface area contributed by atoms with Crippen molar-refractivity contribution in [3.63, 3.8) is 0 Å². The number of amides is 1. The second-order valence-corrected chi connectivity index (χ2v) is 5.54. The molecule has 1 N–H and O–H groups in total. The van der Waals surface area contributed by atoms with E-state index in [4.69, 9.17) is 11.6 Å². The fourth-order valence-electron chi connectivity index (χ4n) is 1.84. The summed E-state index contributed by atoms with van der Waals surface area (Å²) < 4.78 is 14.1. The van der Waals surface area contributed by atoms with Crippen LogP contribution in [0.1, 0.15) is 24.2 Å². The van der Waals surface area contributed by atoms with Gasteiger partial charge in [0.25, 0.3) is 5.91 Å². The number of hydrogen-bond donors (Lipinski definition) is 1. The summed E-state index contributed by atoms with van der Waals surface area (Å²) in [6.07, 6.45) is 1.59. The summed E-state index contributed by atoms with van der Waals surface area (Å²) in [5.74, 6) is -0.695. The van der Waals surface area contributed by atoms with Crippen molar-refractivity contribution < 1.29 is 9.18 Å². The first-order chi connectivity index (χ1) is 9.99. The van der Waals surface area contributed by atoms with Crippen LogP contribution in [0.25, 0.3) is 11.3 Å². The summed E-state index contributed by atoms with van der Waals surface area (Å²) in [5.41, 5.74) is 1.05. The molecule has 1 aromatic carbocycles. The van der Waals surface area contributed by atoms with Crippen molar-refractivity contribution >= 4 is 17.5 Å². The van der Waals surface area contributed by atoms with Crippen LogP contribution in [0.3, 0.4) is 0 Å². The standard InChI is InChI=1S/C16H16ClFN2O/c1-10(2)9-20-16(21)12-6-5-11(8-14(12)18)15-13(17)4-3-7-19-15/h3-8,10H,9H2,1-2H3,(H,20,21). The highest BCUT2D eigenvalue weighted by atomic mass is 35.5.